The van der Waals surface area contributed by atoms with Crippen molar-refractivity contribution in [3.05, 3.63) is 0 Å². The molecule has 2 unspecified atom stereocenters. The Morgan fingerprint density at radius 2 is 0.821 bits per heavy atom. The lowest BCUT2D eigenvalue weighted by Gasteiger charge is -2.62. The monoisotopic (exact) mass is 777 g/mol. The summed E-state index contributed by atoms with van der Waals surface area (Å²) in [5, 5.41) is 22.2. The van der Waals surface area contributed by atoms with Crippen LogP contribution in [0.5, 0.6) is 0 Å². The fraction of sp³-hybridized carbons (Fsp3) is 1.00. The average Bonchev–Trinajstić information content (AvgIpc) is 3.69. The number of aliphatic hydroxyl groups excluding tert-OH is 2. The Morgan fingerprint density at radius 3 is 1.20 bits per heavy atom. The minimum Gasteiger partial charge on any atom is -0.393 e. The molecule has 18 atom stereocenters. The first-order valence-electron chi connectivity index (χ1n) is 25.9. The molecule has 0 bridgehead atoms. The molecule has 0 aromatic carbocycles. The molecule has 0 saturated heterocycles. The minimum atomic E-state index is -0.0319. The lowest BCUT2D eigenvalue weighted by atomic mass is 9.44. The first kappa shape index (κ1) is 44.0. The van der Waals surface area contributed by atoms with Gasteiger partial charge in [-0.3, -0.25) is 0 Å². The van der Waals surface area contributed by atoms with Crippen molar-refractivity contribution in [3.63, 3.8) is 0 Å². The summed E-state index contributed by atoms with van der Waals surface area (Å²) in [6.45, 7) is 25.0. The predicted octanol–water partition coefficient (Wildman–Crippen LogP) is 14.9. The summed E-state index contributed by atoms with van der Waals surface area (Å²) in [4.78, 5) is 0. The van der Waals surface area contributed by atoms with Gasteiger partial charge in [0.15, 0.2) is 0 Å². The molecular weight excluding hydrogens is 681 g/mol. The van der Waals surface area contributed by atoms with Crippen molar-refractivity contribution >= 4 is 0 Å². The molecule has 324 valence electrons. The molecule has 0 aliphatic heterocycles. The highest BCUT2D eigenvalue weighted by molar-refractivity contribution is 5.12. The summed E-state index contributed by atoms with van der Waals surface area (Å²) in [5.41, 5.74) is 1.62. The second-order valence-electron chi connectivity index (χ2n) is 25.0. The van der Waals surface area contributed by atoms with Crippen LogP contribution in [0.1, 0.15) is 223 Å². The van der Waals surface area contributed by atoms with Gasteiger partial charge >= 0.3 is 0 Å². The molecule has 8 aliphatic rings. The Hall–Kier alpha value is -0.0800. The summed E-state index contributed by atoms with van der Waals surface area (Å²) in [6.07, 6.45) is 33.2. The van der Waals surface area contributed by atoms with Crippen LogP contribution in [0.4, 0.5) is 0 Å². The quantitative estimate of drug-likeness (QED) is 0.232. The van der Waals surface area contributed by atoms with Gasteiger partial charge in [0.25, 0.3) is 0 Å². The van der Waals surface area contributed by atoms with Crippen LogP contribution in [0, 0.1) is 105 Å². The molecule has 56 heavy (non-hydrogen) atoms. The molecule has 0 spiro atoms. The molecule has 0 radical (unpaired) electrons. The van der Waals surface area contributed by atoms with Crippen molar-refractivity contribution in [1.29, 1.82) is 0 Å². The smallest absolute Gasteiger partial charge is 0.0599 e. The topological polar surface area (TPSA) is 40.5 Å². The highest BCUT2D eigenvalue weighted by atomic mass is 16.3. The summed E-state index contributed by atoms with van der Waals surface area (Å²) < 4.78 is 0. The average molecular weight is 777 g/mol. The van der Waals surface area contributed by atoms with Crippen LogP contribution in [0.2, 0.25) is 0 Å². The molecule has 0 heterocycles. The van der Waals surface area contributed by atoms with Crippen molar-refractivity contribution in [3.8, 4) is 0 Å². The van der Waals surface area contributed by atoms with E-state index in [1.54, 1.807) is 0 Å². The third-order valence-corrected chi connectivity index (χ3v) is 21.8. The Labute approximate surface area is 349 Å². The van der Waals surface area contributed by atoms with E-state index >= 15 is 0 Å². The van der Waals surface area contributed by atoms with E-state index < -0.39 is 0 Å². The molecule has 2 N–H and O–H groups in total. The van der Waals surface area contributed by atoms with E-state index in [0.29, 0.717) is 10.8 Å². The van der Waals surface area contributed by atoms with Crippen molar-refractivity contribution in [2.75, 3.05) is 0 Å². The lowest BCUT2D eigenvalue weighted by Crippen LogP contribution is -2.57. The first-order chi connectivity index (χ1) is 26.6. The SMILES string of the molecule is CC(C)CCC[C@@H](C)[C@H]1CC[C@H]2[C@@H]3CC[C@@H]4CCCC(O)[C@]4(C)[C@H]3CC[C@]12C.CC(C)CCC[C@@H](C)[C@H]1CC[C@H]2[C@@H]3CC[C@@H]4CCCC(O)[C@]4(C)[C@H]3CC[C@]12C. The molecule has 8 fully saturated rings. The van der Waals surface area contributed by atoms with Gasteiger partial charge in [-0.25, -0.2) is 0 Å². The lowest BCUT2D eigenvalue weighted by molar-refractivity contribution is -0.164. The molecule has 0 aromatic rings. The molecule has 0 aromatic heterocycles. The van der Waals surface area contributed by atoms with Crippen molar-refractivity contribution < 1.29 is 10.2 Å². The van der Waals surface area contributed by atoms with Gasteiger partial charge in [0.1, 0.15) is 0 Å². The fourth-order valence-corrected chi connectivity index (χ4v) is 18.7. The van der Waals surface area contributed by atoms with E-state index in [0.717, 1.165) is 95.7 Å². The van der Waals surface area contributed by atoms with Crippen LogP contribution in [0.15, 0.2) is 0 Å². The zero-order valence-electron chi connectivity index (χ0n) is 39.1. The number of hydrogen-bond acceptors (Lipinski definition) is 2. The van der Waals surface area contributed by atoms with E-state index in [1.807, 2.05) is 0 Å². The number of rotatable bonds is 10. The van der Waals surface area contributed by atoms with Gasteiger partial charge in [0.2, 0.25) is 0 Å². The molecule has 8 saturated carbocycles. The van der Waals surface area contributed by atoms with E-state index in [1.165, 1.54) is 141 Å². The van der Waals surface area contributed by atoms with E-state index in [-0.39, 0.29) is 23.0 Å². The predicted molar refractivity (Wildman–Crippen MR) is 238 cm³/mol. The van der Waals surface area contributed by atoms with Gasteiger partial charge in [0.05, 0.1) is 12.2 Å². The Balaban J connectivity index is 0.000000172. The summed E-state index contributed by atoms with van der Waals surface area (Å²) in [7, 11) is 0. The zero-order valence-corrected chi connectivity index (χ0v) is 39.1. The normalized spacial score (nSPS) is 49.4. The standard InChI is InChI=1S/2C27H48O/c2*1-18(2)8-6-9-19(3)22-14-15-23-21-13-12-20-10-7-11-25(28)27(20,5)24(21)16-17-26(22,23)4/h2*18-25,28H,6-17H2,1-5H3/t2*19-,20+,21+,22-,23+,24+,25?,26-,27+/m11/s1. The molecular formula is C54H96O2. The Bertz CT molecular complexity index is 1180. The zero-order chi connectivity index (χ0) is 40.2. The number of hydrogen-bond donors (Lipinski definition) is 2. The minimum absolute atomic E-state index is 0.0319. The number of aliphatic hydroxyl groups is 2. The van der Waals surface area contributed by atoms with Crippen LogP contribution < -0.4 is 0 Å². The van der Waals surface area contributed by atoms with Crippen molar-refractivity contribution in [2.24, 2.45) is 105 Å². The third-order valence-electron chi connectivity index (χ3n) is 21.8. The van der Waals surface area contributed by atoms with E-state index in [2.05, 4.69) is 69.2 Å². The van der Waals surface area contributed by atoms with E-state index in [9.17, 15) is 10.2 Å². The highest BCUT2D eigenvalue weighted by Crippen LogP contribution is 2.70. The summed E-state index contributed by atoms with van der Waals surface area (Å²) in [6, 6.07) is 0. The summed E-state index contributed by atoms with van der Waals surface area (Å²) >= 11 is 0. The van der Waals surface area contributed by atoms with Gasteiger partial charge in [-0.05, 0) is 207 Å². The molecule has 8 rings (SSSR count). The largest absolute Gasteiger partial charge is 0.393 e. The van der Waals surface area contributed by atoms with Crippen LogP contribution >= 0.6 is 0 Å². The van der Waals surface area contributed by atoms with Crippen molar-refractivity contribution in [1.82, 2.24) is 0 Å². The van der Waals surface area contributed by atoms with Gasteiger partial charge in [-0.1, -0.05) is 121 Å². The van der Waals surface area contributed by atoms with Crippen LogP contribution in [-0.4, -0.2) is 22.4 Å². The van der Waals surface area contributed by atoms with E-state index in [4.69, 9.17) is 0 Å². The van der Waals surface area contributed by atoms with Crippen molar-refractivity contribution in [2.45, 2.75) is 236 Å². The highest BCUT2D eigenvalue weighted by Gasteiger charge is 2.63. The van der Waals surface area contributed by atoms with Crippen LogP contribution in [0.25, 0.3) is 0 Å². The number of fused-ring (bicyclic) bond motifs is 10. The van der Waals surface area contributed by atoms with Gasteiger partial charge in [-0.15, -0.1) is 0 Å². The molecule has 0 amide bonds. The first-order valence-corrected chi connectivity index (χ1v) is 25.9. The van der Waals surface area contributed by atoms with Gasteiger partial charge in [0, 0.05) is 0 Å². The third kappa shape index (κ3) is 7.71. The second-order valence-corrected chi connectivity index (χ2v) is 25.0. The maximum atomic E-state index is 11.1. The van der Waals surface area contributed by atoms with Gasteiger partial charge < -0.3 is 10.2 Å². The van der Waals surface area contributed by atoms with Crippen LogP contribution in [0.3, 0.4) is 0 Å². The fourth-order valence-electron chi connectivity index (χ4n) is 18.7. The Kier molecular flexibility index (Phi) is 13.6. The Morgan fingerprint density at radius 1 is 0.429 bits per heavy atom. The second kappa shape index (κ2) is 17.4. The van der Waals surface area contributed by atoms with Gasteiger partial charge in [-0.2, -0.15) is 0 Å². The maximum Gasteiger partial charge on any atom is 0.0599 e. The molecule has 2 heteroatoms. The molecule has 8 aliphatic carbocycles. The summed E-state index contributed by atoms with van der Waals surface area (Å²) in [5.74, 6) is 12.3. The molecule has 2 nitrogen and oxygen atoms in total. The van der Waals surface area contributed by atoms with Crippen LogP contribution in [-0.2, 0) is 0 Å². The maximum absolute atomic E-state index is 11.1.